The summed E-state index contributed by atoms with van der Waals surface area (Å²) in [5, 5.41) is 0. The third-order valence-electron chi connectivity index (χ3n) is 1.18. The highest BCUT2D eigenvalue weighted by Gasteiger charge is 2.26. The lowest BCUT2D eigenvalue weighted by atomic mass is 10.4. The summed E-state index contributed by atoms with van der Waals surface area (Å²) in [6.07, 6.45) is 3.13. The molecule has 1 atom stereocenters. The topological polar surface area (TPSA) is 57.5 Å². The maximum absolute atomic E-state index is 10.6. The summed E-state index contributed by atoms with van der Waals surface area (Å²) >= 11 is 1.24. The van der Waals surface area contributed by atoms with Gasteiger partial charge < -0.3 is 9.79 Å². The van der Waals surface area contributed by atoms with E-state index in [1.54, 1.807) is 6.26 Å². The second-order valence-corrected chi connectivity index (χ2v) is 5.26. The van der Waals surface area contributed by atoms with E-state index in [-0.39, 0.29) is 0 Å². The molecule has 0 spiro atoms. The molecular weight excluding hydrogens is 171 g/mol. The van der Waals surface area contributed by atoms with E-state index in [1.807, 2.05) is 6.92 Å². The highest BCUT2D eigenvalue weighted by atomic mass is 32.2. The van der Waals surface area contributed by atoms with Crippen molar-refractivity contribution < 1.29 is 14.4 Å². The summed E-state index contributed by atoms with van der Waals surface area (Å²) in [7, 11) is -3.83. The Morgan fingerprint density at radius 3 is 2.20 bits per heavy atom. The summed E-state index contributed by atoms with van der Waals surface area (Å²) in [5.41, 5.74) is 0. The van der Waals surface area contributed by atoms with Gasteiger partial charge >= 0.3 is 7.60 Å². The van der Waals surface area contributed by atoms with Crippen LogP contribution in [0.5, 0.6) is 0 Å². The monoisotopic (exact) mass is 184 g/mol. The Kier molecular flexibility index (Phi) is 4.61. The molecule has 0 aliphatic rings. The minimum atomic E-state index is -3.83. The fourth-order valence-corrected chi connectivity index (χ4v) is 2.83. The molecule has 3 nitrogen and oxygen atoms in total. The Morgan fingerprint density at radius 1 is 1.60 bits per heavy atom. The molecule has 0 saturated carbocycles. The Balaban J connectivity index is 3.94. The predicted molar refractivity (Wildman–Crippen MR) is 44.3 cm³/mol. The van der Waals surface area contributed by atoms with Crippen LogP contribution in [0.1, 0.15) is 19.8 Å². The van der Waals surface area contributed by atoms with Crippen LogP contribution in [0.3, 0.4) is 0 Å². The zero-order chi connectivity index (χ0) is 8.20. The maximum atomic E-state index is 10.6. The van der Waals surface area contributed by atoms with E-state index in [4.69, 9.17) is 9.79 Å². The Bertz CT molecular complexity index is 133. The van der Waals surface area contributed by atoms with Crippen molar-refractivity contribution in [2.24, 2.45) is 0 Å². The van der Waals surface area contributed by atoms with Crippen molar-refractivity contribution in [2.75, 3.05) is 6.26 Å². The molecule has 0 aliphatic heterocycles. The minimum Gasteiger partial charge on any atom is -0.324 e. The van der Waals surface area contributed by atoms with Gasteiger partial charge in [-0.2, -0.15) is 0 Å². The molecule has 2 N–H and O–H groups in total. The molecule has 0 fully saturated rings. The summed E-state index contributed by atoms with van der Waals surface area (Å²) in [6.45, 7) is 1.92. The van der Waals surface area contributed by atoms with Gasteiger partial charge in [-0.05, 0) is 12.7 Å². The molecule has 0 amide bonds. The van der Waals surface area contributed by atoms with Gasteiger partial charge in [0.15, 0.2) is 0 Å². The first kappa shape index (κ1) is 10.5. The number of hydrogen-bond acceptors (Lipinski definition) is 2. The molecule has 0 aromatic heterocycles. The standard InChI is InChI=1S/C5H13O3PS/c1-3-4-5(10-2)9(6,7)8/h5H,3-4H2,1-2H3,(H2,6,7,8). The van der Waals surface area contributed by atoms with Gasteiger partial charge in [0, 0.05) is 0 Å². The lowest BCUT2D eigenvalue weighted by molar-refractivity contribution is 0.367. The fourth-order valence-electron chi connectivity index (χ4n) is 0.670. The zero-order valence-corrected chi connectivity index (χ0v) is 7.86. The highest BCUT2D eigenvalue weighted by molar-refractivity contribution is 8.04. The molecule has 0 aromatic rings. The van der Waals surface area contributed by atoms with Gasteiger partial charge in [0.2, 0.25) is 0 Å². The van der Waals surface area contributed by atoms with E-state index in [0.717, 1.165) is 6.42 Å². The van der Waals surface area contributed by atoms with Crippen molar-refractivity contribution in [1.82, 2.24) is 0 Å². The minimum absolute atomic E-state index is 0.502. The van der Waals surface area contributed by atoms with Crippen molar-refractivity contribution in [3.8, 4) is 0 Å². The van der Waals surface area contributed by atoms with Gasteiger partial charge in [-0.15, -0.1) is 11.8 Å². The van der Waals surface area contributed by atoms with Crippen LogP contribution < -0.4 is 0 Å². The van der Waals surface area contributed by atoms with E-state index in [1.165, 1.54) is 11.8 Å². The van der Waals surface area contributed by atoms with Crippen molar-refractivity contribution in [1.29, 1.82) is 0 Å². The molecule has 62 valence electrons. The van der Waals surface area contributed by atoms with Gasteiger partial charge in [-0.3, -0.25) is 4.57 Å². The second kappa shape index (κ2) is 4.39. The Hall–Kier alpha value is 0.500. The second-order valence-electron chi connectivity index (χ2n) is 2.07. The predicted octanol–water partition coefficient (Wildman–Crippen LogP) is 1.65. The molecule has 0 rings (SSSR count). The molecular formula is C5H13O3PS. The first-order valence-corrected chi connectivity index (χ1v) is 6.07. The number of thioether (sulfide) groups is 1. The summed E-state index contributed by atoms with van der Waals surface area (Å²) in [6, 6.07) is 0. The maximum Gasteiger partial charge on any atom is 0.338 e. The van der Waals surface area contributed by atoms with Gasteiger partial charge in [-0.25, -0.2) is 0 Å². The molecule has 10 heavy (non-hydrogen) atoms. The lowest BCUT2D eigenvalue weighted by Crippen LogP contribution is -2.01. The summed E-state index contributed by atoms with van der Waals surface area (Å²) < 4.78 is 10.6. The van der Waals surface area contributed by atoms with Crippen LogP contribution >= 0.6 is 19.4 Å². The van der Waals surface area contributed by atoms with E-state index < -0.39 is 12.6 Å². The molecule has 0 bridgehead atoms. The van der Waals surface area contributed by atoms with Crippen molar-refractivity contribution in [3.63, 3.8) is 0 Å². The quantitative estimate of drug-likeness (QED) is 0.652. The first-order chi connectivity index (χ1) is 4.52. The van der Waals surface area contributed by atoms with Gasteiger partial charge in [-0.1, -0.05) is 13.3 Å². The molecule has 0 heterocycles. The molecule has 0 radical (unpaired) electrons. The van der Waals surface area contributed by atoms with Crippen LogP contribution in [0.2, 0.25) is 0 Å². The molecule has 5 heteroatoms. The normalized spacial score (nSPS) is 15.2. The average Bonchev–Trinajstić information content (AvgIpc) is 1.80. The number of hydrogen-bond donors (Lipinski definition) is 2. The van der Waals surface area contributed by atoms with Crippen LogP contribution in [-0.4, -0.2) is 21.0 Å². The molecule has 0 aliphatic carbocycles. The smallest absolute Gasteiger partial charge is 0.324 e. The van der Waals surface area contributed by atoms with E-state index in [2.05, 4.69) is 0 Å². The highest BCUT2D eigenvalue weighted by Crippen LogP contribution is 2.48. The van der Waals surface area contributed by atoms with Crippen LogP contribution in [0.4, 0.5) is 0 Å². The van der Waals surface area contributed by atoms with Crippen LogP contribution in [0, 0.1) is 0 Å². The van der Waals surface area contributed by atoms with E-state index in [9.17, 15) is 4.57 Å². The van der Waals surface area contributed by atoms with Crippen LogP contribution in [0.15, 0.2) is 0 Å². The SMILES string of the molecule is CCCC(SC)P(=O)(O)O. The molecule has 0 saturated heterocycles. The third kappa shape index (κ3) is 3.62. The Morgan fingerprint density at radius 2 is 2.10 bits per heavy atom. The van der Waals surface area contributed by atoms with Crippen LogP contribution in [-0.2, 0) is 4.57 Å². The summed E-state index contributed by atoms with van der Waals surface area (Å²) in [4.78, 5) is 16.9. The van der Waals surface area contributed by atoms with E-state index >= 15 is 0 Å². The third-order valence-corrected chi connectivity index (χ3v) is 4.43. The molecule has 0 aromatic carbocycles. The van der Waals surface area contributed by atoms with Crippen molar-refractivity contribution in [3.05, 3.63) is 0 Å². The molecule has 1 unspecified atom stereocenters. The number of rotatable bonds is 4. The van der Waals surface area contributed by atoms with E-state index in [0.29, 0.717) is 6.42 Å². The largest absolute Gasteiger partial charge is 0.338 e. The lowest BCUT2D eigenvalue weighted by Gasteiger charge is -2.13. The van der Waals surface area contributed by atoms with Crippen LogP contribution in [0.25, 0.3) is 0 Å². The summed E-state index contributed by atoms with van der Waals surface area (Å²) in [5.74, 6) is 0. The average molecular weight is 184 g/mol. The zero-order valence-electron chi connectivity index (χ0n) is 6.15. The fraction of sp³-hybridized carbons (Fsp3) is 1.00. The van der Waals surface area contributed by atoms with Crippen molar-refractivity contribution in [2.45, 2.75) is 24.8 Å². The van der Waals surface area contributed by atoms with Crippen molar-refractivity contribution >= 4 is 19.4 Å². The Labute approximate surface area is 65.4 Å². The first-order valence-electron chi connectivity index (χ1n) is 3.10. The van der Waals surface area contributed by atoms with Gasteiger partial charge in [0.25, 0.3) is 0 Å². The van der Waals surface area contributed by atoms with Gasteiger partial charge in [0.1, 0.15) is 4.99 Å². The van der Waals surface area contributed by atoms with Gasteiger partial charge in [0.05, 0.1) is 0 Å².